The highest BCUT2D eigenvalue weighted by Gasteiger charge is 2.67. The van der Waals surface area contributed by atoms with Crippen molar-refractivity contribution in [2.75, 3.05) is 19.0 Å². The third-order valence-corrected chi connectivity index (χ3v) is 5.22. The van der Waals surface area contributed by atoms with E-state index in [9.17, 15) is 10.2 Å². The van der Waals surface area contributed by atoms with Gasteiger partial charge in [-0.2, -0.15) is 9.97 Å². The maximum atomic E-state index is 10.2. The second kappa shape index (κ2) is 4.28. The molecule has 0 aromatic carbocycles. The normalized spacial score (nSPS) is 34.2. The SMILES string of the molecule is CNc1nc(Cl)nc2c1ncn2C1C[C@H](O)[C@]2(CO)CC12. The van der Waals surface area contributed by atoms with Gasteiger partial charge < -0.3 is 20.1 Å². The van der Waals surface area contributed by atoms with Crippen LogP contribution in [0.1, 0.15) is 18.9 Å². The Morgan fingerprint density at radius 1 is 1.52 bits per heavy atom. The van der Waals surface area contributed by atoms with Crippen LogP contribution >= 0.6 is 11.6 Å². The molecule has 0 saturated heterocycles. The third-order valence-electron chi connectivity index (χ3n) is 5.05. The maximum absolute atomic E-state index is 10.2. The van der Waals surface area contributed by atoms with E-state index >= 15 is 0 Å². The zero-order valence-corrected chi connectivity index (χ0v) is 12.2. The summed E-state index contributed by atoms with van der Waals surface area (Å²) < 4.78 is 1.96. The Balaban J connectivity index is 1.81. The van der Waals surface area contributed by atoms with Gasteiger partial charge in [0.25, 0.3) is 0 Å². The number of nitrogens with zero attached hydrogens (tertiary/aromatic N) is 4. The van der Waals surface area contributed by atoms with Gasteiger partial charge in [-0.05, 0) is 30.4 Å². The standard InChI is InChI=1S/C13H16ClN5O2/c1-15-10-9-11(18-12(14)17-10)19(5-16-9)7-2-8(21)13(4-20)3-6(7)13/h5-8,20-21H,2-4H2,1H3,(H,15,17,18)/t6?,7?,8-,13-/m0/s1. The summed E-state index contributed by atoms with van der Waals surface area (Å²) in [5.41, 5.74) is 1.000. The van der Waals surface area contributed by atoms with Gasteiger partial charge in [0.1, 0.15) is 0 Å². The molecule has 2 heterocycles. The fourth-order valence-electron chi connectivity index (χ4n) is 3.78. The summed E-state index contributed by atoms with van der Waals surface area (Å²) in [7, 11) is 1.76. The van der Waals surface area contributed by atoms with Gasteiger partial charge in [0.15, 0.2) is 17.0 Å². The molecule has 2 saturated carbocycles. The number of aliphatic hydroxyl groups is 2. The lowest BCUT2D eigenvalue weighted by atomic mass is 10.0. The molecule has 0 aliphatic heterocycles. The topological polar surface area (TPSA) is 96.1 Å². The predicted molar refractivity (Wildman–Crippen MR) is 77.2 cm³/mol. The molecule has 2 fully saturated rings. The zero-order chi connectivity index (χ0) is 14.8. The summed E-state index contributed by atoms with van der Waals surface area (Å²) in [4.78, 5) is 12.8. The van der Waals surface area contributed by atoms with E-state index in [-0.39, 0.29) is 29.3 Å². The minimum absolute atomic E-state index is 0.0273. The molecule has 2 unspecified atom stereocenters. The fraction of sp³-hybridized carbons (Fsp3) is 0.615. The molecule has 2 aliphatic rings. The van der Waals surface area contributed by atoms with Crippen LogP contribution in [0.4, 0.5) is 5.82 Å². The van der Waals surface area contributed by atoms with Crippen molar-refractivity contribution in [2.45, 2.75) is 25.0 Å². The van der Waals surface area contributed by atoms with Crippen LogP contribution in [-0.2, 0) is 0 Å². The second-order valence-electron chi connectivity index (χ2n) is 5.94. The molecular weight excluding hydrogens is 294 g/mol. The summed E-state index contributed by atoms with van der Waals surface area (Å²) in [6, 6.07) is 0.0906. The van der Waals surface area contributed by atoms with E-state index in [2.05, 4.69) is 20.3 Å². The first-order valence-electron chi connectivity index (χ1n) is 6.97. The van der Waals surface area contributed by atoms with Crippen molar-refractivity contribution in [3.05, 3.63) is 11.6 Å². The van der Waals surface area contributed by atoms with E-state index < -0.39 is 6.10 Å². The predicted octanol–water partition coefficient (Wildman–Crippen LogP) is 0.826. The Bertz CT molecular complexity index is 720. The average Bonchev–Trinajstić information content (AvgIpc) is 2.98. The Morgan fingerprint density at radius 3 is 2.95 bits per heavy atom. The Hall–Kier alpha value is -1.44. The van der Waals surface area contributed by atoms with Crippen LogP contribution < -0.4 is 5.32 Å². The number of halogens is 1. The van der Waals surface area contributed by atoms with Crippen LogP contribution in [0.3, 0.4) is 0 Å². The number of imidazole rings is 1. The Morgan fingerprint density at radius 2 is 2.33 bits per heavy atom. The van der Waals surface area contributed by atoms with E-state index in [0.29, 0.717) is 23.4 Å². The quantitative estimate of drug-likeness (QED) is 0.727. The Labute approximate surface area is 126 Å². The molecule has 0 radical (unpaired) electrons. The van der Waals surface area contributed by atoms with Gasteiger partial charge >= 0.3 is 0 Å². The highest BCUT2D eigenvalue weighted by molar-refractivity contribution is 6.28. The summed E-state index contributed by atoms with van der Waals surface area (Å²) in [6.45, 7) is 0.0273. The van der Waals surface area contributed by atoms with Crippen LogP contribution in [0.2, 0.25) is 5.28 Å². The van der Waals surface area contributed by atoms with Crippen molar-refractivity contribution >= 4 is 28.6 Å². The van der Waals surface area contributed by atoms with E-state index in [0.717, 1.165) is 6.42 Å². The number of rotatable bonds is 3. The van der Waals surface area contributed by atoms with Gasteiger partial charge in [0.05, 0.1) is 19.0 Å². The molecule has 0 amide bonds. The lowest BCUT2D eigenvalue weighted by Gasteiger charge is -2.16. The number of hydrogen-bond donors (Lipinski definition) is 3. The fourth-order valence-corrected chi connectivity index (χ4v) is 3.95. The first-order valence-corrected chi connectivity index (χ1v) is 7.35. The highest BCUT2D eigenvalue weighted by Crippen LogP contribution is 2.67. The number of nitrogens with one attached hydrogen (secondary N) is 1. The molecule has 112 valence electrons. The van der Waals surface area contributed by atoms with Crippen molar-refractivity contribution in [1.29, 1.82) is 0 Å². The van der Waals surface area contributed by atoms with Crippen molar-refractivity contribution in [2.24, 2.45) is 11.3 Å². The van der Waals surface area contributed by atoms with Crippen molar-refractivity contribution in [3.8, 4) is 0 Å². The van der Waals surface area contributed by atoms with E-state index in [1.165, 1.54) is 0 Å². The van der Waals surface area contributed by atoms with Gasteiger partial charge in [0.2, 0.25) is 5.28 Å². The lowest BCUT2D eigenvalue weighted by Crippen LogP contribution is -2.22. The monoisotopic (exact) mass is 309 g/mol. The van der Waals surface area contributed by atoms with Crippen LogP contribution in [0.5, 0.6) is 0 Å². The van der Waals surface area contributed by atoms with Crippen LogP contribution in [-0.4, -0.2) is 49.5 Å². The minimum Gasteiger partial charge on any atom is -0.396 e. The van der Waals surface area contributed by atoms with Gasteiger partial charge in [-0.15, -0.1) is 0 Å². The largest absolute Gasteiger partial charge is 0.396 e. The molecular formula is C13H16ClN5O2. The first-order chi connectivity index (χ1) is 10.1. The van der Waals surface area contributed by atoms with Gasteiger partial charge in [0, 0.05) is 18.5 Å². The third kappa shape index (κ3) is 1.65. The average molecular weight is 310 g/mol. The van der Waals surface area contributed by atoms with E-state index in [1.54, 1.807) is 13.4 Å². The number of fused-ring (bicyclic) bond motifs is 2. The second-order valence-corrected chi connectivity index (χ2v) is 6.27. The minimum atomic E-state index is -0.476. The molecule has 3 N–H and O–H groups in total. The van der Waals surface area contributed by atoms with E-state index in [1.807, 2.05) is 4.57 Å². The van der Waals surface area contributed by atoms with Crippen molar-refractivity contribution in [3.63, 3.8) is 0 Å². The van der Waals surface area contributed by atoms with Gasteiger partial charge in [-0.25, -0.2) is 4.98 Å². The molecule has 0 spiro atoms. The van der Waals surface area contributed by atoms with Gasteiger partial charge in [-0.1, -0.05) is 0 Å². The summed E-state index contributed by atoms with van der Waals surface area (Å²) in [5.74, 6) is 0.855. The number of aliphatic hydroxyl groups excluding tert-OH is 2. The molecule has 7 nitrogen and oxygen atoms in total. The molecule has 2 aromatic heterocycles. The molecule has 2 aromatic rings. The molecule has 8 heteroatoms. The molecule has 21 heavy (non-hydrogen) atoms. The molecule has 0 bridgehead atoms. The van der Waals surface area contributed by atoms with Crippen molar-refractivity contribution < 1.29 is 10.2 Å². The van der Waals surface area contributed by atoms with E-state index in [4.69, 9.17) is 11.6 Å². The Kier molecular flexibility index (Phi) is 2.70. The molecule has 2 aliphatic carbocycles. The summed E-state index contributed by atoms with van der Waals surface area (Å²) >= 11 is 5.98. The smallest absolute Gasteiger partial charge is 0.226 e. The number of anilines is 1. The number of hydrogen-bond acceptors (Lipinski definition) is 6. The summed E-state index contributed by atoms with van der Waals surface area (Å²) in [6.07, 6.45) is 2.69. The molecule has 4 rings (SSSR count). The lowest BCUT2D eigenvalue weighted by molar-refractivity contribution is 0.0600. The van der Waals surface area contributed by atoms with Crippen molar-refractivity contribution in [1.82, 2.24) is 19.5 Å². The summed E-state index contributed by atoms with van der Waals surface area (Å²) in [5, 5.41) is 22.9. The van der Waals surface area contributed by atoms with Crippen LogP contribution in [0.25, 0.3) is 11.2 Å². The first kappa shape index (κ1) is 13.2. The van der Waals surface area contributed by atoms with Gasteiger partial charge in [-0.3, -0.25) is 0 Å². The maximum Gasteiger partial charge on any atom is 0.226 e. The van der Waals surface area contributed by atoms with Crippen LogP contribution in [0.15, 0.2) is 6.33 Å². The highest BCUT2D eigenvalue weighted by atomic mass is 35.5. The van der Waals surface area contributed by atoms with Crippen LogP contribution in [0, 0.1) is 11.3 Å². The molecule has 4 atom stereocenters. The zero-order valence-electron chi connectivity index (χ0n) is 11.5. The number of aromatic nitrogens is 4.